The summed E-state index contributed by atoms with van der Waals surface area (Å²) in [6.07, 6.45) is 14.8. The van der Waals surface area contributed by atoms with E-state index in [-0.39, 0.29) is 0 Å². The third-order valence-corrected chi connectivity index (χ3v) is 8.03. The van der Waals surface area contributed by atoms with Crippen molar-refractivity contribution >= 4 is 0 Å². The van der Waals surface area contributed by atoms with Crippen molar-refractivity contribution in [2.75, 3.05) is 0 Å². The Balaban J connectivity index is 1.33. The van der Waals surface area contributed by atoms with Crippen molar-refractivity contribution in [2.45, 2.75) is 64.2 Å². The Hall–Kier alpha value is -2.34. The van der Waals surface area contributed by atoms with Crippen molar-refractivity contribution in [3.63, 3.8) is 0 Å². The molecule has 2 aromatic rings. The van der Waals surface area contributed by atoms with Gasteiger partial charge in [0.15, 0.2) is 0 Å². The fourth-order valence-corrected chi connectivity index (χ4v) is 6.03. The minimum atomic E-state index is 0.318. The number of hydrogen-bond donors (Lipinski definition) is 0. The summed E-state index contributed by atoms with van der Waals surface area (Å²) in [7, 11) is 0. The lowest BCUT2D eigenvalue weighted by atomic mass is 9.67. The molecule has 0 bridgehead atoms. The predicted molar refractivity (Wildman–Crippen MR) is 128 cm³/mol. The number of rotatable bonds is 7. The normalized spacial score (nSPS) is 25.8. The highest BCUT2D eigenvalue weighted by Crippen LogP contribution is 2.56. The zero-order valence-electron chi connectivity index (χ0n) is 18.4. The first-order valence-corrected chi connectivity index (χ1v) is 11.8. The molecule has 2 fully saturated rings. The van der Waals surface area contributed by atoms with Crippen LogP contribution in [0.2, 0.25) is 0 Å². The summed E-state index contributed by atoms with van der Waals surface area (Å²) < 4.78 is 0. The van der Waals surface area contributed by atoms with Gasteiger partial charge in [0.1, 0.15) is 0 Å². The lowest BCUT2D eigenvalue weighted by Gasteiger charge is -2.37. The molecule has 30 heavy (non-hydrogen) atoms. The first kappa shape index (κ1) is 19.6. The molecule has 154 valence electrons. The van der Waals surface area contributed by atoms with Crippen molar-refractivity contribution in [3.8, 4) is 0 Å². The maximum absolute atomic E-state index is 4.19. The van der Waals surface area contributed by atoms with E-state index in [1.165, 1.54) is 61.7 Å². The summed E-state index contributed by atoms with van der Waals surface area (Å²) in [4.78, 5) is 0. The van der Waals surface area contributed by atoms with Crippen LogP contribution in [-0.2, 0) is 12.8 Å². The topological polar surface area (TPSA) is 0 Å². The van der Waals surface area contributed by atoms with Crippen LogP contribution >= 0.6 is 0 Å². The molecule has 5 rings (SSSR count). The molecule has 3 aliphatic rings. The zero-order valence-corrected chi connectivity index (χ0v) is 18.4. The van der Waals surface area contributed by atoms with Gasteiger partial charge < -0.3 is 0 Å². The standard InChI is InChI=1S/C30H34/c1-3-23-21-30(2)27(16-15-24-11-7-8-12-29(24)25-13-14-25)17-18-28(30)20-26(23)19-22-9-5-4-6-10-22/h3-12,20,25,27H,1,13-19,21H2,2H3. The lowest BCUT2D eigenvalue weighted by Crippen LogP contribution is -2.27. The van der Waals surface area contributed by atoms with Gasteiger partial charge in [-0.05, 0) is 96.5 Å². The number of benzene rings is 2. The molecule has 2 saturated carbocycles. The van der Waals surface area contributed by atoms with Crippen molar-refractivity contribution in [1.29, 1.82) is 0 Å². The van der Waals surface area contributed by atoms with Gasteiger partial charge in [0.05, 0.1) is 0 Å². The van der Waals surface area contributed by atoms with Gasteiger partial charge in [-0.15, -0.1) is 0 Å². The van der Waals surface area contributed by atoms with E-state index in [4.69, 9.17) is 0 Å². The highest BCUT2D eigenvalue weighted by Gasteiger charge is 2.44. The zero-order chi connectivity index (χ0) is 20.6. The van der Waals surface area contributed by atoms with E-state index in [9.17, 15) is 0 Å². The van der Waals surface area contributed by atoms with E-state index in [1.807, 2.05) is 0 Å². The molecule has 0 heteroatoms. The van der Waals surface area contributed by atoms with Gasteiger partial charge in [-0.3, -0.25) is 0 Å². The van der Waals surface area contributed by atoms with Gasteiger partial charge in [0.2, 0.25) is 0 Å². The van der Waals surface area contributed by atoms with Crippen LogP contribution in [0.3, 0.4) is 0 Å². The van der Waals surface area contributed by atoms with E-state index < -0.39 is 0 Å². The lowest BCUT2D eigenvalue weighted by molar-refractivity contribution is 0.255. The first-order valence-electron chi connectivity index (χ1n) is 11.8. The van der Waals surface area contributed by atoms with E-state index >= 15 is 0 Å². The fourth-order valence-electron chi connectivity index (χ4n) is 6.03. The summed E-state index contributed by atoms with van der Waals surface area (Å²) in [5.74, 6) is 1.63. The Morgan fingerprint density at radius 1 is 1.00 bits per heavy atom. The van der Waals surface area contributed by atoms with Crippen LogP contribution < -0.4 is 0 Å². The Morgan fingerprint density at radius 3 is 2.53 bits per heavy atom. The molecule has 2 unspecified atom stereocenters. The average molecular weight is 395 g/mol. The smallest absolute Gasteiger partial charge is 0.00231 e. The van der Waals surface area contributed by atoms with Crippen LogP contribution in [0, 0.1) is 11.3 Å². The van der Waals surface area contributed by atoms with Crippen molar-refractivity contribution < 1.29 is 0 Å². The Morgan fingerprint density at radius 2 is 1.77 bits per heavy atom. The van der Waals surface area contributed by atoms with Crippen molar-refractivity contribution in [2.24, 2.45) is 11.3 Å². The van der Waals surface area contributed by atoms with Gasteiger partial charge in [0.25, 0.3) is 0 Å². The molecule has 0 heterocycles. The summed E-state index contributed by atoms with van der Waals surface area (Å²) in [5.41, 5.74) is 9.62. The Labute approximate surface area is 182 Å². The molecule has 2 atom stereocenters. The number of aryl methyl sites for hydroxylation is 1. The number of allylic oxidation sites excluding steroid dienone is 5. The molecule has 0 nitrogen and oxygen atoms in total. The quantitative estimate of drug-likeness (QED) is 0.447. The average Bonchev–Trinajstić information content (AvgIpc) is 3.57. The van der Waals surface area contributed by atoms with Gasteiger partial charge in [-0.25, -0.2) is 0 Å². The summed E-state index contributed by atoms with van der Waals surface area (Å²) in [6, 6.07) is 20.1. The van der Waals surface area contributed by atoms with Crippen LogP contribution in [0.15, 0.2) is 90.0 Å². The second-order valence-electron chi connectivity index (χ2n) is 9.93. The molecule has 0 radical (unpaired) electrons. The molecular weight excluding hydrogens is 360 g/mol. The van der Waals surface area contributed by atoms with E-state index in [0.717, 1.165) is 18.3 Å². The molecular formula is C30H34. The SMILES string of the molecule is C=CC1=C(Cc2ccccc2)C=C2CCC(CCc3ccccc3C3CC3)C2(C)C1. The van der Waals surface area contributed by atoms with Gasteiger partial charge in [0, 0.05) is 0 Å². The molecule has 0 saturated heterocycles. The largest absolute Gasteiger partial charge is 0.0988 e. The van der Waals surface area contributed by atoms with Gasteiger partial charge >= 0.3 is 0 Å². The summed E-state index contributed by atoms with van der Waals surface area (Å²) in [6.45, 7) is 6.72. The van der Waals surface area contributed by atoms with Crippen LogP contribution in [-0.4, -0.2) is 0 Å². The maximum atomic E-state index is 4.19. The molecule has 0 amide bonds. The third kappa shape index (κ3) is 3.73. The summed E-state index contributed by atoms with van der Waals surface area (Å²) in [5, 5.41) is 0. The van der Waals surface area contributed by atoms with Crippen LogP contribution in [0.5, 0.6) is 0 Å². The predicted octanol–water partition coefficient (Wildman–Crippen LogP) is 7.97. The number of hydrogen-bond acceptors (Lipinski definition) is 0. The van der Waals surface area contributed by atoms with Crippen LogP contribution in [0.1, 0.15) is 68.1 Å². The molecule has 3 aliphatic carbocycles. The molecule has 0 N–H and O–H groups in total. The van der Waals surface area contributed by atoms with E-state index in [1.54, 1.807) is 16.7 Å². The highest BCUT2D eigenvalue weighted by molar-refractivity contribution is 5.46. The molecule has 0 aliphatic heterocycles. The third-order valence-electron chi connectivity index (χ3n) is 8.03. The van der Waals surface area contributed by atoms with Crippen molar-refractivity contribution in [3.05, 3.63) is 107 Å². The minimum Gasteiger partial charge on any atom is -0.0988 e. The monoisotopic (exact) mass is 394 g/mol. The highest BCUT2D eigenvalue weighted by atomic mass is 14.5. The second kappa shape index (κ2) is 8.06. The van der Waals surface area contributed by atoms with Gasteiger partial charge in [-0.1, -0.05) is 85.8 Å². The van der Waals surface area contributed by atoms with Crippen LogP contribution in [0.4, 0.5) is 0 Å². The molecule has 0 aromatic heterocycles. The number of fused-ring (bicyclic) bond motifs is 1. The fraction of sp³-hybridized carbons (Fsp3) is 0.400. The van der Waals surface area contributed by atoms with Crippen molar-refractivity contribution in [1.82, 2.24) is 0 Å². The van der Waals surface area contributed by atoms with Gasteiger partial charge in [-0.2, -0.15) is 0 Å². The van der Waals surface area contributed by atoms with E-state index in [2.05, 4.69) is 80.3 Å². The Bertz CT molecular complexity index is 986. The Kier molecular flexibility index (Phi) is 5.27. The van der Waals surface area contributed by atoms with Crippen LogP contribution in [0.25, 0.3) is 0 Å². The molecule has 0 spiro atoms. The minimum absolute atomic E-state index is 0.318. The second-order valence-corrected chi connectivity index (χ2v) is 9.93. The summed E-state index contributed by atoms with van der Waals surface area (Å²) >= 11 is 0. The first-order chi connectivity index (χ1) is 14.7. The maximum Gasteiger partial charge on any atom is -0.00231 e. The molecule has 2 aromatic carbocycles. The van der Waals surface area contributed by atoms with E-state index in [0.29, 0.717) is 5.41 Å².